The Morgan fingerprint density at radius 1 is 1.43 bits per heavy atom. The van der Waals surface area contributed by atoms with Crippen LogP contribution in [0.1, 0.15) is 19.4 Å². The SMILES string of the molecule is CN(C)c1ncccc1C(C)(C)CBr. The number of aromatic nitrogens is 1. The molecule has 78 valence electrons. The van der Waals surface area contributed by atoms with Crippen LogP contribution in [-0.4, -0.2) is 24.4 Å². The standard InChI is InChI=1S/C11H17BrN2/c1-11(2,8-12)9-6-5-7-13-10(9)14(3)4/h5-7H,8H2,1-4H3. The van der Waals surface area contributed by atoms with E-state index >= 15 is 0 Å². The molecule has 0 bridgehead atoms. The third-order valence-corrected chi connectivity index (χ3v) is 3.68. The monoisotopic (exact) mass is 256 g/mol. The normalized spacial score (nSPS) is 11.5. The molecule has 1 aromatic rings. The van der Waals surface area contributed by atoms with E-state index in [1.54, 1.807) is 0 Å². The van der Waals surface area contributed by atoms with E-state index < -0.39 is 0 Å². The molecule has 1 rings (SSSR count). The lowest BCUT2D eigenvalue weighted by molar-refractivity contribution is 0.603. The zero-order valence-electron chi connectivity index (χ0n) is 9.21. The molecule has 0 fully saturated rings. The molecule has 0 aliphatic heterocycles. The second kappa shape index (κ2) is 4.30. The fraction of sp³-hybridized carbons (Fsp3) is 0.545. The molecule has 1 aromatic heterocycles. The quantitative estimate of drug-likeness (QED) is 0.774. The fourth-order valence-corrected chi connectivity index (χ4v) is 1.66. The predicted octanol–water partition coefficient (Wildman–Crippen LogP) is 2.82. The van der Waals surface area contributed by atoms with Gasteiger partial charge in [0.15, 0.2) is 0 Å². The summed E-state index contributed by atoms with van der Waals surface area (Å²) in [7, 11) is 4.05. The number of hydrogen-bond donors (Lipinski definition) is 0. The molecule has 14 heavy (non-hydrogen) atoms. The minimum absolute atomic E-state index is 0.119. The van der Waals surface area contributed by atoms with Gasteiger partial charge in [0.25, 0.3) is 0 Å². The summed E-state index contributed by atoms with van der Waals surface area (Å²) in [4.78, 5) is 6.45. The van der Waals surface area contributed by atoms with Gasteiger partial charge in [-0.05, 0) is 6.07 Å². The van der Waals surface area contributed by atoms with Gasteiger partial charge in [-0.15, -0.1) is 0 Å². The van der Waals surface area contributed by atoms with Gasteiger partial charge in [0.1, 0.15) is 5.82 Å². The highest BCUT2D eigenvalue weighted by atomic mass is 79.9. The van der Waals surface area contributed by atoms with Crippen LogP contribution in [0.15, 0.2) is 18.3 Å². The van der Waals surface area contributed by atoms with Gasteiger partial charge in [-0.3, -0.25) is 0 Å². The van der Waals surface area contributed by atoms with Crippen molar-refractivity contribution >= 4 is 21.7 Å². The van der Waals surface area contributed by atoms with Crippen molar-refractivity contribution in [2.75, 3.05) is 24.3 Å². The number of hydrogen-bond acceptors (Lipinski definition) is 2. The Morgan fingerprint density at radius 3 is 2.57 bits per heavy atom. The molecular formula is C11H17BrN2. The number of anilines is 1. The average molecular weight is 257 g/mol. The number of pyridine rings is 1. The van der Waals surface area contributed by atoms with Crippen molar-refractivity contribution in [3.63, 3.8) is 0 Å². The summed E-state index contributed by atoms with van der Waals surface area (Å²) in [5.41, 5.74) is 1.40. The molecule has 0 radical (unpaired) electrons. The smallest absolute Gasteiger partial charge is 0.131 e. The first kappa shape index (κ1) is 11.5. The maximum atomic E-state index is 4.40. The molecule has 0 aromatic carbocycles. The van der Waals surface area contributed by atoms with Crippen molar-refractivity contribution in [1.82, 2.24) is 4.98 Å². The minimum Gasteiger partial charge on any atom is -0.363 e. The largest absolute Gasteiger partial charge is 0.363 e. The van der Waals surface area contributed by atoms with Gasteiger partial charge in [0, 0.05) is 36.6 Å². The molecule has 0 aliphatic rings. The minimum atomic E-state index is 0.119. The molecule has 0 saturated carbocycles. The molecule has 3 heteroatoms. The van der Waals surface area contributed by atoms with E-state index in [0.717, 1.165) is 11.1 Å². The highest BCUT2D eigenvalue weighted by molar-refractivity contribution is 9.09. The van der Waals surface area contributed by atoms with Crippen molar-refractivity contribution < 1.29 is 0 Å². The summed E-state index contributed by atoms with van der Waals surface area (Å²) in [6.07, 6.45) is 1.84. The van der Waals surface area contributed by atoms with E-state index in [2.05, 4.69) is 45.7 Å². The van der Waals surface area contributed by atoms with Gasteiger partial charge in [-0.25, -0.2) is 4.98 Å². The van der Waals surface area contributed by atoms with Gasteiger partial charge >= 0.3 is 0 Å². The molecule has 1 heterocycles. The molecule has 0 saturated heterocycles. The Morgan fingerprint density at radius 2 is 2.07 bits per heavy atom. The van der Waals surface area contributed by atoms with Crippen LogP contribution >= 0.6 is 15.9 Å². The number of nitrogens with zero attached hydrogens (tertiary/aromatic N) is 2. The first-order chi connectivity index (χ1) is 6.49. The van der Waals surface area contributed by atoms with Crippen LogP contribution in [0.2, 0.25) is 0 Å². The van der Waals surface area contributed by atoms with Crippen LogP contribution in [0.5, 0.6) is 0 Å². The van der Waals surface area contributed by atoms with Crippen LogP contribution in [0.4, 0.5) is 5.82 Å². The molecule has 2 nitrogen and oxygen atoms in total. The highest BCUT2D eigenvalue weighted by Crippen LogP contribution is 2.30. The van der Waals surface area contributed by atoms with E-state index in [1.165, 1.54) is 5.56 Å². The Kier molecular flexibility index (Phi) is 3.53. The van der Waals surface area contributed by atoms with Crippen molar-refractivity contribution in [1.29, 1.82) is 0 Å². The van der Waals surface area contributed by atoms with E-state index in [0.29, 0.717) is 0 Å². The second-order valence-corrected chi connectivity index (χ2v) is 4.85. The van der Waals surface area contributed by atoms with Crippen LogP contribution in [0, 0.1) is 0 Å². The fourth-order valence-electron chi connectivity index (χ4n) is 1.35. The predicted molar refractivity (Wildman–Crippen MR) is 65.4 cm³/mol. The van der Waals surface area contributed by atoms with Crippen molar-refractivity contribution in [2.24, 2.45) is 0 Å². The van der Waals surface area contributed by atoms with Gasteiger partial charge in [0.05, 0.1) is 0 Å². The number of halogens is 1. The lowest BCUT2D eigenvalue weighted by Gasteiger charge is -2.27. The van der Waals surface area contributed by atoms with Gasteiger partial charge in [-0.2, -0.15) is 0 Å². The molecule has 0 atom stereocenters. The summed E-state index contributed by atoms with van der Waals surface area (Å²) in [5.74, 6) is 1.05. The maximum Gasteiger partial charge on any atom is 0.131 e. The Bertz CT molecular complexity index is 308. The Labute approximate surface area is 94.5 Å². The maximum absolute atomic E-state index is 4.40. The summed E-state index contributed by atoms with van der Waals surface area (Å²) in [5, 5.41) is 0.937. The third-order valence-electron chi connectivity index (χ3n) is 2.27. The van der Waals surface area contributed by atoms with Gasteiger partial charge in [-0.1, -0.05) is 35.8 Å². The second-order valence-electron chi connectivity index (χ2n) is 4.29. The molecular weight excluding hydrogens is 240 g/mol. The number of alkyl halides is 1. The first-order valence-electron chi connectivity index (χ1n) is 4.68. The summed E-state index contributed by atoms with van der Waals surface area (Å²) in [6.45, 7) is 4.43. The molecule has 0 aliphatic carbocycles. The first-order valence-corrected chi connectivity index (χ1v) is 5.80. The number of rotatable bonds is 3. The van der Waals surface area contributed by atoms with E-state index in [9.17, 15) is 0 Å². The third kappa shape index (κ3) is 2.27. The molecule has 0 N–H and O–H groups in total. The van der Waals surface area contributed by atoms with Crippen LogP contribution in [-0.2, 0) is 5.41 Å². The zero-order chi connectivity index (χ0) is 10.8. The van der Waals surface area contributed by atoms with Gasteiger partial charge in [0.2, 0.25) is 0 Å². The Hall–Kier alpha value is -0.570. The van der Waals surface area contributed by atoms with E-state index in [1.807, 2.05) is 26.4 Å². The van der Waals surface area contributed by atoms with Crippen LogP contribution in [0.25, 0.3) is 0 Å². The van der Waals surface area contributed by atoms with Crippen LogP contribution < -0.4 is 4.90 Å². The summed E-state index contributed by atoms with van der Waals surface area (Å²) >= 11 is 3.54. The topological polar surface area (TPSA) is 16.1 Å². The summed E-state index contributed by atoms with van der Waals surface area (Å²) in [6, 6.07) is 4.14. The molecule has 0 amide bonds. The zero-order valence-corrected chi connectivity index (χ0v) is 10.8. The molecule has 0 unspecified atom stereocenters. The van der Waals surface area contributed by atoms with Gasteiger partial charge < -0.3 is 4.90 Å². The summed E-state index contributed by atoms with van der Waals surface area (Å²) < 4.78 is 0. The lowest BCUT2D eigenvalue weighted by atomic mass is 9.87. The average Bonchev–Trinajstić information content (AvgIpc) is 2.18. The van der Waals surface area contributed by atoms with E-state index in [-0.39, 0.29) is 5.41 Å². The van der Waals surface area contributed by atoms with E-state index in [4.69, 9.17) is 0 Å². The van der Waals surface area contributed by atoms with Crippen molar-refractivity contribution in [3.8, 4) is 0 Å². The van der Waals surface area contributed by atoms with Crippen LogP contribution in [0.3, 0.4) is 0 Å². The van der Waals surface area contributed by atoms with Crippen molar-refractivity contribution in [3.05, 3.63) is 23.9 Å². The Balaban J connectivity index is 3.20. The lowest BCUT2D eigenvalue weighted by Crippen LogP contribution is -2.24. The highest BCUT2D eigenvalue weighted by Gasteiger charge is 2.23. The van der Waals surface area contributed by atoms with Crippen molar-refractivity contribution in [2.45, 2.75) is 19.3 Å². The molecule has 0 spiro atoms.